The summed E-state index contributed by atoms with van der Waals surface area (Å²) >= 11 is 0. The lowest BCUT2D eigenvalue weighted by molar-refractivity contribution is -0.503. The second kappa shape index (κ2) is 2.58. The molecule has 0 fully saturated rings. The van der Waals surface area contributed by atoms with Gasteiger partial charge < -0.3 is 0 Å². The Balaban J connectivity index is 2.63. The molecule has 0 aromatic carbocycles. The minimum absolute atomic E-state index is 0.229. The van der Waals surface area contributed by atoms with Crippen molar-refractivity contribution in [3.8, 4) is 0 Å². The maximum atomic E-state index is 11.0. The standard InChI is InChI=1S/C7H7N3O3/c11-7-5-2-1-4(10(12)13)3-6(5)8-9-7/h2-4,8H,1H2,(H,9,11). The number of nitro groups is 1. The molecule has 6 nitrogen and oxygen atoms in total. The molecule has 6 heteroatoms. The highest BCUT2D eigenvalue weighted by molar-refractivity contribution is 5.38. The van der Waals surface area contributed by atoms with Crippen LogP contribution in [0.1, 0.15) is 6.42 Å². The van der Waals surface area contributed by atoms with Gasteiger partial charge in [0.1, 0.15) is 0 Å². The van der Waals surface area contributed by atoms with E-state index in [-0.39, 0.29) is 16.9 Å². The van der Waals surface area contributed by atoms with Crippen LogP contribution >= 0.6 is 0 Å². The molecule has 0 aliphatic heterocycles. The summed E-state index contributed by atoms with van der Waals surface area (Å²) in [5.74, 6) is 0. The van der Waals surface area contributed by atoms with Crippen LogP contribution in [-0.4, -0.2) is 21.2 Å². The minimum Gasteiger partial charge on any atom is -0.298 e. The maximum Gasteiger partial charge on any atom is 0.271 e. The van der Waals surface area contributed by atoms with Crippen LogP contribution < -0.4 is 16.1 Å². The molecule has 2 rings (SSSR count). The summed E-state index contributed by atoms with van der Waals surface area (Å²) in [5.41, 5.74) is -0.229. The van der Waals surface area contributed by atoms with Gasteiger partial charge in [-0.1, -0.05) is 6.08 Å². The van der Waals surface area contributed by atoms with Gasteiger partial charge in [0.15, 0.2) is 0 Å². The summed E-state index contributed by atoms with van der Waals surface area (Å²) in [5, 5.41) is 16.4. The van der Waals surface area contributed by atoms with E-state index in [2.05, 4.69) is 10.2 Å². The highest BCUT2D eigenvalue weighted by atomic mass is 16.6. The molecule has 1 heterocycles. The second-order valence-electron chi connectivity index (χ2n) is 2.87. The van der Waals surface area contributed by atoms with E-state index >= 15 is 0 Å². The minimum atomic E-state index is -0.723. The summed E-state index contributed by atoms with van der Waals surface area (Å²) < 4.78 is 0. The highest BCUT2D eigenvalue weighted by Crippen LogP contribution is 2.00. The van der Waals surface area contributed by atoms with Crippen molar-refractivity contribution >= 4 is 12.2 Å². The molecule has 1 aliphatic carbocycles. The van der Waals surface area contributed by atoms with E-state index in [1.165, 1.54) is 6.08 Å². The Morgan fingerprint density at radius 2 is 2.31 bits per heavy atom. The normalized spacial score (nSPS) is 19.8. The first-order valence-corrected chi connectivity index (χ1v) is 3.80. The molecule has 1 unspecified atom stereocenters. The molecule has 0 amide bonds. The number of H-pyrrole nitrogens is 2. The lowest BCUT2D eigenvalue weighted by Gasteiger charge is -2.02. The van der Waals surface area contributed by atoms with Crippen LogP contribution in [0.3, 0.4) is 0 Å². The van der Waals surface area contributed by atoms with Crippen LogP contribution in [0.5, 0.6) is 0 Å². The van der Waals surface area contributed by atoms with Gasteiger partial charge >= 0.3 is 0 Å². The topological polar surface area (TPSA) is 91.8 Å². The van der Waals surface area contributed by atoms with E-state index in [1.54, 1.807) is 6.08 Å². The average molecular weight is 181 g/mol. The van der Waals surface area contributed by atoms with E-state index in [1.807, 2.05) is 0 Å². The molecule has 2 N–H and O–H groups in total. The number of hydrogen-bond donors (Lipinski definition) is 2. The molecule has 68 valence electrons. The summed E-state index contributed by atoms with van der Waals surface area (Å²) in [6.07, 6.45) is 3.31. The highest BCUT2D eigenvalue weighted by Gasteiger charge is 2.18. The molecule has 0 spiro atoms. The fraction of sp³-hybridized carbons (Fsp3) is 0.286. The van der Waals surface area contributed by atoms with Gasteiger partial charge in [0.25, 0.3) is 5.56 Å². The van der Waals surface area contributed by atoms with Gasteiger partial charge in [-0.2, -0.15) is 0 Å². The predicted octanol–water partition coefficient (Wildman–Crippen LogP) is -1.69. The second-order valence-corrected chi connectivity index (χ2v) is 2.87. The zero-order valence-electron chi connectivity index (χ0n) is 6.61. The summed E-state index contributed by atoms with van der Waals surface area (Å²) in [6, 6.07) is -0.723. The van der Waals surface area contributed by atoms with Crippen molar-refractivity contribution in [2.75, 3.05) is 0 Å². The van der Waals surface area contributed by atoms with E-state index < -0.39 is 6.04 Å². The van der Waals surface area contributed by atoms with Crippen molar-refractivity contribution in [2.24, 2.45) is 0 Å². The smallest absolute Gasteiger partial charge is 0.271 e. The third-order valence-corrected chi connectivity index (χ3v) is 2.04. The summed E-state index contributed by atoms with van der Waals surface area (Å²) in [4.78, 5) is 21.1. The predicted molar refractivity (Wildman–Crippen MR) is 45.0 cm³/mol. The SMILES string of the molecule is O=c1[nH][nH]c2c1=CCC([N+](=O)[O-])C=2. The van der Waals surface area contributed by atoms with E-state index in [0.717, 1.165) is 0 Å². The van der Waals surface area contributed by atoms with Gasteiger partial charge in [-0.25, -0.2) is 0 Å². The van der Waals surface area contributed by atoms with Gasteiger partial charge in [-0.15, -0.1) is 0 Å². The molecule has 0 bridgehead atoms. The molecule has 1 aromatic rings. The van der Waals surface area contributed by atoms with Crippen molar-refractivity contribution in [3.05, 3.63) is 31.0 Å². The first-order valence-electron chi connectivity index (χ1n) is 3.80. The van der Waals surface area contributed by atoms with Gasteiger partial charge in [0.2, 0.25) is 6.04 Å². The van der Waals surface area contributed by atoms with Crippen molar-refractivity contribution in [1.82, 2.24) is 10.2 Å². The van der Waals surface area contributed by atoms with Crippen molar-refractivity contribution < 1.29 is 4.92 Å². The Labute approximate surface area is 71.7 Å². The maximum absolute atomic E-state index is 11.0. The molecule has 0 saturated carbocycles. The Bertz CT molecular complexity index is 510. The first-order chi connectivity index (χ1) is 6.18. The van der Waals surface area contributed by atoms with Crippen molar-refractivity contribution in [1.29, 1.82) is 0 Å². The van der Waals surface area contributed by atoms with Gasteiger partial charge in [-0.3, -0.25) is 25.1 Å². The Kier molecular flexibility index (Phi) is 1.54. The molecule has 1 atom stereocenters. The third kappa shape index (κ3) is 1.16. The fourth-order valence-electron chi connectivity index (χ4n) is 1.36. The average Bonchev–Trinajstić information content (AvgIpc) is 2.47. The summed E-state index contributed by atoms with van der Waals surface area (Å²) in [6.45, 7) is 0. The quantitative estimate of drug-likeness (QED) is 0.400. The Hall–Kier alpha value is -1.85. The van der Waals surface area contributed by atoms with Crippen molar-refractivity contribution in [3.63, 3.8) is 0 Å². The number of fused-ring (bicyclic) bond motifs is 1. The van der Waals surface area contributed by atoms with Gasteiger partial charge in [0, 0.05) is 17.4 Å². The van der Waals surface area contributed by atoms with Crippen LogP contribution in [-0.2, 0) is 0 Å². The molecule has 1 aliphatic rings. The third-order valence-electron chi connectivity index (χ3n) is 2.04. The number of hydrogen-bond acceptors (Lipinski definition) is 3. The molecule has 13 heavy (non-hydrogen) atoms. The molecular weight excluding hydrogens is 174 g/mol. The van der Waals surface area contributed by atoms with Crippen LogP contribution in [0.2, 0.25) is 0 Å². The molecule has 0 radical (unpaired) electrons. The zero-order chi connectivity index (χ0) is 9.42. The number of aromatic amines is 2. The number of rotatable bonds is 1. The Morgan fingerprint density at radius 3 is 3.00 bits per heavy atom. The number of aromatic nitrogens is 2. The van der Waals surface area contributed by atoms with Crippen LogP contribution in [0.15, 0.2) is 4.79 Å². The molecular formula is C7H7N3O3. The monoisotopic (exact) mass is 181 g/mol. The first kappa shape index (κ1) is 7.78. The summed E-state index contributed by atoms with van der Waals surface area (Å²) in [7, 11) is 0. The van der Waals surface area contributed by atoms with Crippen LogP contribution in [0, 0.1) is 10.1 Å². The molecule has 0 saturated heterocycles. The van der Waals surface area contributed by atoms with E-state index in [9.17, 15) is 14.9 Å². The van der Waals surface area contributed by atoms with Gasteiger partial charge in [-0.05, 0) is 0 Å². The molecule has 1 aromatic heterocycles. The largest absolute Gasteiger partial charge is 0.298 e. The van der Waals surface area contributed by atoms with E-state index in [4.69, 9.17) is 0 Å². The lowest BCUT2D eigenvalue weighted by Crippen LogP contribution is -2.38. The van der Waals surface area contributed by atoms with Crippen molar-refractivity contribution in [2.45, 2.75) is 12.5 Å². The van der Waals surface area contributed by atoms with Crippen LogP contribution in [0.25, 0.3) is 12.2 Å². The van der Waals surface area contributed by atoms with E-state index in [0.29, 0.717) is 10.6 Å². The Morgan fingerprint density at radius 1 is 1.54 bits per heavy atom. The van der Waals surface area contributed by atoms with Crippen LogP contribution in [0.4, 0.5) is 0 Å². The zero-order valence-corrected chi connectivity index (χ0v) is 6.61. The number of nitrogens with one attached hydrogen (secondary N) is 2. The number of nitrogens with zero attached hydrogens (tertiary/aromatic N) is 1. The van der Waals surface area contributed by atoms with Gasteiger partial charge in [0.05, 0.1) is 10.6 Å². The lowest BCUT2D eigenvalue weighted by atomic mass is 10.1. The fourth-order valence-corrected chi connectivity index (χ4v) is 1.36.